The van der Waals surface area contributed by atoms with Crippen LogP contribution >= 0.6 is 0 Å². The summed E-state index contributed by atoms with van der Waals surface area (Å²) >= 11 is 0. The molecule has 1 N–H and O–H groups in total. The van der Waals surface area contributed by atoms with Gasteiger partial charge in [0.15, 0.2) is 23.3 Å². The van der Waals surface area contributed by atoms with Gasteiger partial charge in [0.05, 0.1) is 5.56 Å². The number of hydrogen-bond donors (Lipinski definition) is 1. The summed E-state index contributed by atoms with van der Waals surface area (Å²) in [6.07, 6.45) is -2.21. The molecule has 0 aliphatic heterocycles. The number of rotatable bonds is 1. The number of aliphatic hydroxyl groups is 1. The summed E-state index contributed by atoms with van der Waals surface area (Å²) in [5, 5.41) is 13.3. The van der Waals surface area contributed by atoms with Gasteiger partial charge in [-0.25, -0.2) is 22.0 Å². The third kappa shape index (κ3) is 3.10. The first-order valence-electron chi connectivity index (χ1n) is 8.51. The Bertz CT molecular complexity index is 1250. The van der Waals surface area contributed by atoms with Gasteiger partial charge in [0.2, 0.25) is 5.82 Å². The van der Waals surface area contributed by atoms with Gasteiger partial charge in [-0.1, -0.05) is 60.4 Å². The highest BCUT2D eigenvalue weighted by Gasteiger charge is 2.28. The molecule has 6 heteroatoms. The molecule has 1 atom stereocenters. The molecule has 0 radical (unpaired) electrons. The maximum Gasteiger partial charge on any atom is 0.200 e. The van der Waals surface area contributed by atoms with Crippen LogP contribution in [0.15, 0.2) is 54.6 Å². The first-order chi connectivity index (χ1) is 13.9. The second-order valence-corrected chi connectivity index (χ2v) is 6.35. The van der Waals surface area contributed by atoms with Crippen molar-refractivity contribution in [3.8, 4) is 11.8 Å². The zero-order valence-corrected chi connectivity index (χ0v) is 14.6. The summed E-state index contributed by atoms with van der Waals surface area (Å²) in [7, 11) is 0. The van der Waals surface area contributed by atoms with Crippen LogP contribution in [-0.4, -0.2) is 5.11 Å². The molecule has 4 aromatic carbocycles. The maximum atomic E-state index is 13.9. The van der Waals surface area contributed by atoms with E-state index in [0.717, 1.165) is 21.5 Å². The Hall–Kier alpha value is -3.43. The zero-order valence-electron chi connectivity index (χ0n) is 14.6. The van der Waals surface area contributed by atoms with E-state index in [1.807, 2.05) is 30.3 Å². The third-order valence-electron chi connectivity index (χ3n) is 4.62. The number of hydrogen-bond acceptors (Lipinski definition) is 1. The van der Waals surface area contributed by atoms with Crippen molar-refractivity contribution in [3.63, 3.8) is 0 Å². The highest BCUT2D eigenvalue weighted by atomic mass is 19.2. The Morgan fingerprint density at radius 3 is 1.62 bits per heavy atom. The summed E-state index contributed by atoms with van der Waals surface area (Å²) in [6.45, 7) is 0. The molecular formula is C23H11F5O. The maximum absolute atomic E-state index is 13.9. The van der Waals surface area contributed by atoms with Crippen LogP contribution < -0.4 is 0 Å². The summed E-state index contributed by atoms with van der Waals surface area (Å²) < 4.78 is 67.9. The second-order valence-electron chi connectivity index (χ2n) is 6.35. The summed E-state index contributed by atoms with van der Waals surface area (Å²) in [6, 6.07) is 16.5. The lowest BCUT2D eigenvalue weighted by Gasteiger charge is -2.10. The number of halogens is 5. The molecular weight excluding hydrogens is 387 g/mol. The fourth-order valence-electron chi connectivity index (χ4n) is 3.22. The topological polar surface area (TPSA) is 20.2 Å². The molecule has 0 heterocycles. The molecule has 0 aromatic heterocycles. The van der Waals surface area contributed by atoms with Crippen molar-refractivity contribution in [3.05, 3.63) is 94.8 Å². The van der Waals surface area contributed by atoms with Crippen LogP contribution in [0.4, 0.5) is 22.0 Å². The minimum absolute atomic E-state index is 0.474. The van der Waals surface area contributed by atoms with Gasteiger partial charge in [0, 0.05) is 5.56 Å². The number of fused-ring (bicyclic) bond motifs is 2. The Morgan fingerprint density at radius 2 is 1.10 bits per heavy atom. The van der Waals surface area contributed by atoms with Crippen molar-refractivity contribution in [2.75, 3.05) is 0 Å². The molecule has 4 rings (SSSR count). The van der Waals surface area contributed by atoms with Gasteiger partial charge in [0.25, 0.3) is 0 Å². The smallest absolute Gasteiger partial charge is 0.200 e. The molecule has 144 valence electrons. The minimum atomic E-state index is -2.29. The van der Waals surface area contributed by atoms with Gasteiger partial charge in [-0.2, -0.15) is 0 Å². The number of aliphatic hydroxyl groups excluding tert-OH is 1. The largest absolute Gasteiger partial charge is 0.376 e. The fraction of sp³-hybridized carbons (Fsp3) is 0.0435. The van der Waals surface area contributed by atoms with Gasteiger partial charge in [-0.3, -0.25) is 0 Å². The van der Waals surface area contributed by atoms with E-state index < -0.39 is 40.8 Å². The van der Waals surface area contributed by atoms with Crippen LogP contribution in [-0.2, 0) is 0 Å². The Balaban J connectivity index is 1.92. The van der Waals surface area contributed by atoms with Gasteiger partial charge < -0.3 is 5.11 Å². The molecule has 0 saturated carbocycles. The van der Waals surface area contributed by atoms with Gasteiger partial charge in [-0.05, 0) is 27.6 Å². The first kappa shape index (κ1) is 18.9. The number of benzene rings is 4. The van der Waals surface area contributed by atoms with Gasteiger partial charge in [0.1, 0.15) is 6.10 Å². The highest BCUT2D eigenvalue weighted by Crippen LogP contribution is 2.30. The molecule has 0 aliphatic rings. The van der Waals surface area contributed by atoms with Crippen molar-refractivity contribution >= 4 is 21.5 Å². The molecule has 0 fully saturated rings. The van der Waals surface area contributed by atoms with E-state index >= 15 is 0 Å². The zero-order chi connectivity index (χ0) is 20.7. The third-order valence-corrected chi connectivity index (χ3v) is 4.62. The van der Waals surface area contributed by atoms with E-state index in [0.29, 0.717) is 5.56 Å². The molecule has 0 unspecified atom stereocenters. The molecule has 0 saturated heterocycles. The average Bonchev–Trinajstić information content (AvgIpc) is 2.74. The lowest BCUT2D eigenvalue weighted by molar-refractivity contribution is 0.219. The van der Waals surface area contributed by atoms with Gasteiger partial charge >= 0.3 is 0 Å². The van der Waals surface area contributed by atoms with Crippen LogP contribution in [0.1, 0.15) is 17.2 Å². The summed E-state index contributed by atoms with van der Waals surface area (Å²) in [5.74, 6) is -5.87. The van der Waals surface area contributed by atoms with Crippen LogP contribution in [0.25, 0.3) is 21.5 Å². The Labute approximate surface area is 162 Å². The van der Waals surface area contributed by atoms with E-state index in [1.54, 1.807) is 24.3 Å². The quantitative estimate of drug-likeness (QED) is 0.142. The van der Waals surface area contributed by atoms with E-state index in [1.165, 1.54) is 0 Å². The van der Waals surface area contributed by atoms with Crippen molar-refractivity contribution in [2.45, 2.75) is 6.10 Å². The van der Waals surface area contributed by atoms with Crippen molar-refractivity contribution in [2.24, 2.45) is 0 Å². The minimum Gasteiger partial charge on any atom is -0.376 e. The standard InChI is InChI=1S/C23H11F5O/c24-19-18(20(25)22(27)23(28)21(19)26)17(29)10-9-16-14-7-3-1-5-12(14)11-13-6-2-4-8-15(13)16/h1-8,11,17,29H/t17-/m0/s1. The molecule has 29 heavy (non-hydrogen) atoms. The SMILES string of the molecule is O[C@@H](C#Cc1c2ccccc2cc2ccccc12)c1c(F)c(F)c(F)c(F)c1F. The van der Waals surface area contributed by atoms with Crippen molar-refractivity contribution < 1.29 is 27.1 Å². The average molecular weight is 398 g/mol. The molecule has 0 bridgehead atoms. The lowest BCUT2D eigenvalue weighted by Crippen LogP contribution is -2.10. The lowest BCUT2D eigenvalue weighted by atomic mass is 9.96. The first-order valence-corrected chi connectivity index (χ1v) is 8.51. The predicted molar refractivity (Wildman–Crippen MR) is 99.5 cm³/mol. The second kappa shape index (κ2) is 7.19. The van der Waals surface area contributed by atoms with Gasteiger partial charge in [-0.15, -0.1) is 0 Å². The normalized spacial score (nSPS) is 12.1. The molecule has 1 nitrogen and oxygen atoms in total. The fourth-order valence-corrected chi connectivity index (χ4v) is 3.22. The predicted octanol–water partition coefficient (Wildman–Crippen LogP) is 5.77. The van der Waals surface area contributed by atoms with E-state index in [4.69, 9.17) is 0 Å². The van der Waals surface area contributed by atoms with E-state index in [9.17, 15) is 27.1 Å². The molecule has 0 spiro atoms. The monoisotopic (exact) mass is 398 g/mol. The van der Waals surface area contributed by atoms with Crippen LogP contribution in [0.5, 0.6) is 0 Å². The van der Waals surface area contributed by atoms with Crippen LogP contribution in [0.3, 0.4) is 0 Å². The Kier molecular flexibility index (Phi) is 4.69. The highest BCUT2D eigenvalue weighted by molar-refractivity contribution is 6.04. The van der Waals surface area contributed by atoms with Crippen molar-refractivity contribution in [1.82, 2.24) is 0 Å². The molecule has 4 aromatic rings. The summed E-state index contributed by atoms with van der Waals surface area (Å²) in [4.78, 5) is 0. The summed E-state index contributed by atoms with van der Waals surface area (Å²) in [5.41, 5.74) is -0.903. The molecule has 0 aliphatic carbocycles. The van der Waals surface area contributed by atoms with Crippen LogP contribution in [0.2, 0.25) is 0 Å². The van der Waals surface area contributed by atoms with E-state index in [-0.39, 0.29) is 0 Å². The Morgan fingerprint density at radius 1 is 0.655 bits per heavy atom. The van der Waals surface area contributed by atoms with E-state index in [2.05, 4.69) is 11.8 Å². The van der Waals surface area contributed by atoms with Crippen LogP contribution in [0, 0.1) is 40.9 Å². The molecule has 0 amide bonds. The van der Waals surface area contributed by atoms with Crippen molar-refractivity contribution in [1.29, 1.82) is 0 Å².